The van der Waals surface area contributed by atoms with E-state index >= 15 is 0 Å². The van der Waals surface area contributed by atoms with E-state index in [-0.39, 0.29) is 0 Å². The van der Waals surface area contributed by atoms with E-state index in [2.05, 4.69) is 70.9 Å². The van der Waals surface area contributed by atoms with Gasteiger partial charge in [0.1, 0.15) is 0 Å². The van der Waals surface area contributed by atoms with E-state index in [0.29, 0.717) is 23.4 Å². The fourth-order valence-corrected chi connectivity index (χ4v) is 6.23. The van der Waals surface area contributed by atoms with Crippen LogP contribution in [0.25, 0.3) is 0 Å². The summed E-state index contributed by atoms with van der Waals surface area (Å²) in [6.07, 6.45) is 8.11. The summed E-state index contributed by atoms with van der Waals surface area (Å²) in [5, 5.41) is 4.01. The first kappa shape index (κ1) is 17.5. The second kappa shape index (κ2) is 7.41. The number of hydrogen-bond donors (Lipinski definition) is 1. The molecule has 0 unspecified atom stereocenters. The van der Waals surface area contributed by atoms with Crippen molar-refractivity contribution in [2.75, 3.05) is 19.6 Å². The van der Waals surface area contributed by atoms with Crippen LogP contribution in [0.3, 0.4) is 0 Å². The van der Waals surface area contributed by atoms with Gasteiger partial charge in [-0.2, -0.15) is 0 Å². The Labute approximate surface area is 164 Å². The van der Waals surface area contributed by atoms with Crippen LogP contribution in [0.1, 0.15) is 61.5 Å². The summed E-state index contributed by atoms with van der Waals surface area (Å²) < 4.78 is 0. The zero-order valence-electron chi connectivity index (χ0n) is 16.3. The van der Waals surface area contributed by atoms with Crippen LogP contribution in [0.2, 0.25) is 0 Å². The first-order chi connectivity index (χ1) is 13.4. The van der Waals surface area contributed by atoms with Crippen LogP contribution in [0.4, 0.5) is 0 Å². The normalized spacial score (nSPS) is 34.3. The van der Waals surface area contributed by atoms with Crippen molar-refractivity contribution in [1.82, 2.24) is 10.2 Å². The predicted octanol–water partition coefficient (Wildman–Crippen LogP) is 4.93. The van der Waals surface area contributed by atoms with Crippen molar-refractivity contribution in [2.45, 2.75) is 61.9 Å². The maximum absolute atomic E-state index is 4.01. The molecule has 0 radical (unpaired) electrons. The maximum atomic E-state index is 4.01. The predicted molar refractivity (Wildman–Crippen MR) is 112 cm³/mol. The standard InChI is InChI=1S/C25H32N2/c1-4-10-20(11-5-1)22-18-25(27-16-8-3-9-17-27)14-15-26-24(22)23(19-25)21-12-6-2-7-13-21/h1-2,4-7,10-13,22-24,26H,3,8-9,14-19H2/t22-,23-,24?,25?/m0/s1. The third-order valence-electron chi connectivity index (χ3n) is 7.52. The minimum Gasteiger partial charge on any atom is -0.313 e. The first-order valence-electron chi connectivity index (χ1n) is 10.9. The molecule has 2 bridgehead atoms. The smallest absolute Gasteiger partial charge is 0.0234 e. The largest absolute Gasteiger partial charge is 0.313 e. The number of benzene rings is 2. The molecule has 2 nitrogen and oxygen atoms in total. The van der Waals surface area contributed by atoms with E-state index in [1.807, 2.05) is 0 Å². The van der Waals surface area contributed by atoms with Gasteiger partial charge in [-0.25, -0.2) is 0 Å². The van der Waals surface area contributed by atoms with Crippen LogP contribution >= 0.6 is 0 Å². The lowest BCUT2D eigenvalue weighted by atomic mass is 9.63. The van der Waals surface area contributed by atoms with E-state index in [0.717, 1.165) is 6.54 Å². The summed E-state index contributed by atoms with van der Waals surface area (Å²) >= 11 is 0. The number of rotatable bonds is 3. The average Bonchev–Trinajstić information content (AvgIpc) is 3.07. The molecule has 2 aromatic rings. The molecule has 2 heteroatoms. The van der Waals surface area contributed by atoms with Crippen LogP contribution in [0, 0.1) is 0 Å². The van der Waals surface area contributed by atoms with E-state index in [4.69, 9.17) is 0 Å². The van der Waals surface area contributed by atoms with Crippen molar-refractivity contribution >= 4 is 0 Å². The van der Waals surface area contributed by atoms with Gasteiger partial charge in [0.05, 0.1) is 0 Å². The molecular weight excluding hydrogens is 328 g/mol. The highest BCUT2D eigenvalue weighted by Crippen LogP contribution is 2.52. The molecule has 3 saturated heterocycles. The Morgan fingerprint density at radius 3 is 1.85 bits per heavy atom. The third kappa shape index (κ3) is 3.23. The van der Waals surface area contributed by atoms with E-state index in [1.54, 1.807) is 0 Å². The SMILES string of the molecule is c1ccc([C@@H]2CC3(N4CCCCC4)CCNC2[C@H](c2ccccc2)C3)cc1. The Morgan fingerprint density at radius 2 is 1.30 bits per heavy atom. The van der Waals surface area contributed by atoms with Crippen LogP contribution in [0.15, 0.2) is 60.7 Å². The molecule has 1 aliphatic carbocycles. The molecule has 1 N–H and O–H groups in total. The van der Waals surface area contributed by atoms with Crippen molar-refractivity contribution in [3.05, 3.63) is 71.8 Å². The minimum absolute atomic E-state index is 0.363. The fraction of sp³-hybridized carbons (Fsp3) is 0.520. The minimum atomic E-state index is 0.363. The average molecular weight is 361 g/mol. The number of piperidine rings is 1. The van der Waals surface area contributed by atoms with Crippen LogP contribution < -0.4 is 5.32 Å². The first-order valence-corrected chi connectivity index (χ1v) is 10.9. The topological polar surface area (TPSA) is 15.3 Å². The third-order valence-corrected chi connectivity index (χ3v) is 7.52. The second-order valence-electron chi connectivity index (χ2n) is 8.94. The molecule has 4 aliphatic rings. The van der Waals surface area contributed by atoms with Gasteiger partial charge in [0.25, 0.3) is 0 Å². The summed E-state index contributed by atoms with van der Waals surface area (Å²) in [6.45, 7) is 3.76. The molecule has 3 heterocycles. The molecule has 2 atom stereocenters. The van der Waals surface area contributed by atoms with Crippen LogP contribution in [0.5, 0.6) is 0 Å². The van der Waals surface area contributed by atoms with Crippen molar-refractivity contribution < 1.29 is 0 Å². The lowest BCUT2D eigenvalue weighted by Crippen LogP contribution is -2.56. The lowest BCUT2D eigenvalue weighted by molar-refractivity contribution is 0.0205. The summed E-state index contributed by atoms with van der Waals surface area (Å²) in [4.78, 5) is 2.89. The number of likely N-dealkylation sites (tertiary alicyclic amines) is 1. The number of fused-ring (bicyclic) bond motifs is 4. The summed E-state index contributed by atoms with van der Waals surface area (Å²) in [5.41, 5.74) is 3.42. The van der Waals surface area contributed by atoms with Crippen molar-refractivity contribution in [3.63, 3.8) is 0 Å². The van der Waals surface area contributed by atoms with E-state index in [1.165, 1.54) is 62.7 Å². The van der Waals surface area contributed by atoms with Gasteiger partial charge in [0, 0.05) is 23.4 Å². The molecule has 2 aromatic carbocycles. The Balaban J connectivity index is 1.57. The van der Waals surface area contributed by atoms with Gasteiger partial charge in [-0.15, -0.1) is 0 Å². The molecular formula is C25H32N2. The van der Waals surface area contributed by atoms with E-state index < -0.39 is 0 Å². The lowest BCUT2D eigenvalue weighted by Gasteiger charge is -2.53. The number of hydrogen-bond acceptors (Lipinski definition) is 2. The molecule has 3 aliphatic heterocycles. The molecule has 142 valence electrons. The zero-order chi connectivity index (χ0) is 18.1. The monoisotopic (exact) mass is 360 g/mol. The van der Waals surface area contributed by atoms with Gasteiger partial charge < -0.3 is 5.32 Å². The molecule has 0 amide bonds. The van der Waals surface area contributed by atoms with Crippen molar-refractivity contribution in [3.8, 4) is 0 Å². The number of nitrogens with zero attached hydrogens (tertiary/aromatic N) is 1. The summed E-state index contributed by atoms with van der Waals surface area (Å²) in [5.74, 6) is 1.21. The van der Waals surface area contributed by atoms with Gasteiger partial charge >= 0.3 is 0 Å². The van der Waals surface area contributed by atoms with Crippen LogP contribution in [-0.4, -0.2) is 36.1 Å². The molecule has 6 rings (SSSR count). The van der Waals surface area contributed by atoms with Gasteiger partial charge in [0.2, 0.25) is 0 Å². The van der Waals surface area contributed by atoms with Crippen LogP contribution in [-0.2, 0) is 0 Å². The Morgan fingerprint density at radius 1 is 0.741 bits per heavy atom. The Kier molecular flexibility index (Phi) is 4.79. The molecule has 0 aromatic heterocycles. The van der Waals surface area contributed by atoms with E-state index in [9.17, 15) is 0 Å². The second-order valence-corrected chi connectivity index (χ2v) is 8.94. The zero-order valence-corrected chi connectivity index (χ0v) is 16.3. The fourth-order valence-electron chi connectivity index (χ4n) is 6.23. The summed E-state index contributed by atoms with van der Waals surface area (Å²) in [7, 11) is 0. The van der Waals surface area contributed by atoms with Gasteiger partial charge in [0.15, 0.2) is 0 Å². The van der Waals surface area contributed by atoms with Crippen molar-refractivity contribution in [2.24, 2.45) is 0 Å². The highest BCUT2D eigenvalue weighted by molar-refractivity contribution is 5.32. The Hall–Kier alpha value is -1.64. The van der Waals surface area contributed by atoms with Gasteiger partial charge in [-0.05, 0) is 62.9 Å². The molecule has 4 fully saturated rings. The van der Waals surface area contributed by atoms with Gasteiger partial charge in [-0.3, -0.25) is 4.90 Å². The van der Waals surface area contributed by atoms with Gasteiger partial charge in [-0.1, -0.05) is 67.1 Å². The quantitative estimate of drug-likeness (QED) is 0.834. The molecule has 27 heavy (non-hydrogen) atoms. The highest BCUT2D eigenvalue weighted by atomic mass is 15.2. The molecule has 0 spiro atoms. The Bertz CT molecular complexity index is 686. The van der Waals surface area contributed by atoms with Crippen molar-refractivity contribution in [1.29, 1.82) is 0 Å². The molecule has 1 saturated carbocycles. The highest BCUT2D eigenvalue weighted by Gasteiger charge is 2.51. The number of nitrogens with one attached hydrogen (secondary N) is 1. The summed E-state index contributed by atoms with van der Waals surface area (Å²) in [6, 6.07) is 23.2. The maximum Gasteiger partial charge on any atom is 0.0234 e.